The second-order valence-corrected chi connectivity index (χ2v) is 15.0. The average molecular weight is 643 g/mol. The van der Waals surface area contributed by atoms with Crippen LogP contribution in [0.5, 0.6) is 0 Å². The van der Waals surface area contributed by atoms with Gasteiger partial charge in [-0.05, 0) is 102 Å². The quantitative estimate of drug-likeness (QED) is 0.165. The molecule has 222 valence electrons. The van der Waals surface area contributed by atoms with Crippen molar-refractivity contribution in [3.05, 3.63) is 158 Å². The van der Waals surface area contributed by atoms with Gasteiger partial charge in [0.05, 0.1) is 0 Å². The van der Waals surface area contributed by atoms with Gasteiger partial charge in [0.1, 0.15) is 0 Å². The number of fused-ring (bicyclic) bond motifs is 11. The van der Waals surface area contributed by atoms with Crippen molar-refractivity contribution in [1.82, 2.24) is 0 Å². The first kappa shape index (κ1) is 26.5. The maximum atomic E-state index is 2.47. The van der Waals surface area contributed by atoms with Crippen molar-refractivity contribution >= 4 is 106 Å². The maximum Gasteiger partial charge on any atom is 0.0370 e. The highest BCUT2D eigenvalue weighted by Crippen LogP contribution is 2.47. The fourth-order valence-electron chi connectivity index (χ4n) is 8.07. The predicted molar refractivity (Wildman–Crippen MR) is 213 cm³/mol. The molecule has 0 unspecified atom stereocenters. The monoisotopic (exact) mass is 642 g/mol. The molecule has 0 aliphatic rings. The normalized spacial score (nSPS) is 12.2. The van der Waals surface area contributed by atoms with Crippen molar-refractivity contribution in [2.24, 2.45) is 0 Å². The Morgan fingerprint density at radius 1 is 0.271 bits per heavy atom. The Kier molecular flexibility index (Phi) is 5.51. The van der Waals surface area contributed by atoms with Gasteiger partial charge in [-0.25, -0.2) is 0 Å². The first-order valence-corrected chi connectivity index (χ1v) is 18.1. The van der Waals surface area contributed by atoms with Crippen LogP contribution in [0.25, 0.3) is 106 Å². The Balaban J connectivity index is 1.20. The third-order valence-electron chi connectivity index (χ3n) is 10.2. The van der Waals surface area contributed by atoms with E-state index in [4.69, 9.17) is 0 Å². The molecule has 48 heavy (non-hydrogen) atoms. The SMILES string of the molecule is c1ccc2cc(-c3c4ccccc4c(-c4ccc5sc6cc7sc8ccc9ccccc9c8c7cc6c5c4)c4ccccc34)ccc2c1. The summed E-state index contributed by atoms with van der Waals surface area (Å²) in [6, 6.07) is 58.9. The molecule has 0 fully saturated rings. The summed E-state index contributed by atoms with van der Waals surface area (Å²) in [5.41, 5.74) is 5.13. The van der Waals surface area contributed by atoms with Crippen LogP contribution in [0, 0.1) is 0 Å². The predicted octanol–water partition coefficient (Wildman–Crippen LogP) is 14.4. The Bertz CT molecular complexity index is 3060. The minimum absolute atomic E-state index is 1.26. The third kappa shape index (κ3) is 3.76. The van der Waals surface area contributed by atoms with Gasteiger partial charge in [0.25, 0.3) is 0 Å². The van der Waals surface area contributed by atoms with Crippen LogP contribution in [0.4, 0.5) is 0 Å². The molecule has 0 nitrogen and oxygen atoms in total. The van der Waals surface area contributed by atoms with E-state index in [1.165, 1.54) is 106 Å². The minimum Gasteiger partial charge on any atom is -0.135 e. The Morgan fingerprint density at radius 2 is 0.771 bits per heavy atom. The highest BCUT2D eigenvalue weighted by Gasteiger charge is 2.18. The second-order valence-electron chi connectivity index (χ2n) is 12.8. The Labute approximate surface area is 284 Å². The van der Waals surface area contributed by atoms with Gasteiger partial charge in [0.2, 0.25) is 0 Å². The number of hydrogen-bond donors (Lipinski definition) is 0. The molecule has 11 aromatic rings. The van der Waals surface area contributed by atoms with Gasteiger partial charge in [-0.1, -0.05) is 121 Å². The van der Waals surface area contributed by atoms with Crippen molar-refractivity contribution in [3.63, 3.8) is 0 Å². The summed E-state index contributed by atoms with van der Waals surface area (Å²) in [6.07, 6.45) is 0. The summed E-state index contributed by atoms with van der Waals surface area (Å²) >= 11 is 3.82. The zero-order chi connectivity index (χ0) is 31.3. The molecule has 9 aromatic carbocycles. The van der Waals surface area contributed by atoms with E-state index in [1.807, 2.05) is 22.7 Å². The van der Waals surface area contributed by atoms with Crippen molar-refractivity contribution in [1.29, 1.82) is 0 Å². The third-order valence-corrected chi connectivity index (χ3v) is 12.5. The lowest BCUT2D eigenvalue weighted by Crippen LogP contribution is -1.91. The van der Waals surface area contributed by atoms with Crippen molar-refractivity contribution in [2.75, 3.05) is 0 Å². The molecule has 0 saturated carbocycles. The molecule has 0 bridgehead atoms. The van der Waals surface area contributed by atoms with Crippen molar-refractivity contribution < 1.29 is 0 Å². The highest BCUT2D eigenvalue weighted by atomic mass is 32.1. The molecular weight excluding hydrogens is 617 g/mol. The average Bonchev–Trinajstić information content (AvgIpc) is 3.69. The summed E-state index contributed by atoms with van der Waals surface area (Å²) in [7, 11) is 0. The molecule has 0 radical (unpaired) electrons. The fourth-order valence-corrected chi connectivity index (χ4v) is 10.4. The molecule has 2 aromatic heterocycles. The molecule has 0 aliphatic heterocycles. The smallest absolute Gasteiger partial charge is 0.0370 e. The number of hydrogen-bond acceptors (Lipinski definition) is 2. The summed E-state index contributed by atoms with van der Waals surface area (Å²) in [6.45, 7) is 0. The second kappa shape index (κ2) is 9.98. The Morgan fingerprint density at radius 3 is 1.50 bits per heavy atom. The van der Waals surface area contributed by atoms with Gasteiger partial charge in [-0.2, -0.15) is 0 Å². The van der Waals surface area contributed by atoms with Crippen LogP contribution in [0.3, 0.4) is 0 Å². The highest BCUT2D eigenvalue weighted by molar-refractivity contribution is 7.28. The minimum atomic E-state index is 1.26. The van der Waals surface area contributed by atoms with E-state index in [1.54, 1.807) is 0 Å². The van der Waals surface area contributed by atoms with Crippen LogP contribution in [0.15, 0.2) is 158 Å². The number of benzene rings is 9. The van der Waals surface area contributed by atoms with Crippen LogP contribution < -0.4 is 0 Å². The first-order chi connectivity index (χ1) is 23.8. The van der Waals surface area contributed by atoms with Crippen LogP contribution in [0.2, 0.25) is 0 Å². The van der Waals surface area contributed by atoms with Crippen LogP contribution in [0.1, 0.15) is 0 Å². The van der Waals surface area contributed by atoms with Crippen LogP contribution >= 0.6 is 22.7 Å². The van der Waals surface area contributed by atoms with Gasteiger partial charge in [0.15, 0.2) is 0 Å². The molecule has 11 rings (SSSR count). The molecule has 0 N–H and O–H groups in total. The summed E-state index contributed by atoms with van der Waals surface area (Å²) in [5, 5.41) is 15.7. The lowest BCUT2D eigenvalue weighted by atomic mass is 9.85. The summed E-state index contributed by atoms with van der Waals surface area (Å²) < 4.78 is 5.41. The molecule has 0 aliphatic carbocycles. The lowest BCUT2D eigenvalue weighted by molar-refractivity contribution is 1.69. The molecule has 0 amide bonds. The molecule has 0 spiro atoms. The van der Waals surface area contributed by atoms with Gasteiger partial charge in [-0.15, -0.1) is 22.7 Å². The maximum absolute atomic E-state index is 2.47. The van der Waals surface area contributed by atoms with Crippen LogP contribution in [-0.2, 0) is 0 Å². The molecular formula is C46H26S2. The van der Waals surface area contributed by atoms with Gasteiger partial charge in [-0.3, -0.25) is 0 Å². The van der Waals surface area contributed by atoms with Crippen molar-refractivity contribution in [2.45, 2.75) is 0 Å². The van der Waals surface area contributed by atoms with Crippen molar-refractivity contribution in [3.8, 4) is 22.3 Å². The molecule has 2 heterocycles. The fraction of sp³-hybridized carbons (Fsp3) is 0. The Hall–Kier alpha value is -5.54. The van der Waals surface area contributed by atoms with E-state index in [0.29, 0.717) is 0 Å². The van der Waals surface area contributed by atoms with E-state index < -0.39 is 0 Å². The van der Waals surface area contributed by atoms with Gasteiger partial charge >= 0.3 is 0 Å². The van der Waals surface area contributed by atoms with Gasteiger partial charge in [0, 0.05) is 40.3 Å². The molecule has 0 saturated heterocycles. The largest absolute Gasteiger partial charge is 0.135 e. The van der Waals surface area contributed by atoms with Crippen LogP contribution in [-0.4, -0.2) is 0 Å². The number of rotatable bonds is 2. The zero-order valence-corrected chi connectivity index (χ0v) is 27.5. The molecule has 0 atom stereocenters. The number of thiophene rings is 2. The topological polar surface area (TPSA) is 0 Å². The van der Waals surface area contributed by atoms with E-state index in [0.717, 1.165) is 0 Å². The molecule has 2 heteroatoms. The van der Waals surface area contributed by atoms with E-state index in [9.17, 15) is 0 Å². The lowest BCUT2D eigenvalue weighted by Gasteiger charge is -2.18. The first-order valence-electron chi connectivity index (χ1n) is 16.4. The van der Waals surface area contributed by atoms with E-state index in [2.05, 4.69) is 158 Å². The standard InChI is InChI=1S/C46H26S2/c1-2-11-29-23-30(18-17-27(29)9-1)44-33-13-5-7-15-35(33)45(36-16-8-6-14-34(36)44)31-20-21-40-37(24-31)38-25-39-43(26-42(38)47-40)48-41-22-19-28-10-3-4-12-32(28)46(39)41/h1-26H. The van der Waals surface area contributed by atoms with Gasteiger partial charge < -0.3 is 0 Å². The van der Waals surface area contributed by atoms with E-state index >= 15 is 0 Å². The zero-order valence-electron chi connectivity index (χ0n) is 25.8. The summed E-state index contributed by atoms with van der Waals surface area (Å²) in [5.74, 6) is 0. The summed E-state index contributed by atoms with van der Waals surface area (Å²) in [4.78, 5) is 0. The van der Waals surface area contributed by atoms with E-state index in [-0.39, 0.29) is 0 Å².